The molecule has 134 valence electrons. The third-order valence-corrected chi connectivity index (χ3v) is 4.15. The van der Waals surface area contributed by atoms with Gasteiger partial charge in [0.25, 0.3) is 5.91 Å². The number of carbonyl (C=O) groups is 1. The molecule has 1 unspecified atom stereocenters. The van der Waals surface area contributed by atoms with Crippen molar-refractivity contribution in [2.75, 3.05) is 6.54 Å². The van der Waals surface area contributed by atoms with Crippen molar-refractivity contribution in [2.24, 2.45) is 0 Å². The molecule has 0 saturated heterocycles. The van der Waals surface area contributed by atoms with E-state index in [0.717, 1.165) is 4.47 Å². The van der Waals surface area contributed by atoms with Gasteiger partial charge in [-0.1, -0.05) is 28.1 Å². The number of benzene rings is 2. The van der Waals surface area contributed by atoms with E-state index in [1.54, 1.807) is 49.4 Å². The Bertz CT molecular complexity index is 848. The average Bonchev–Trinajstić information content (AvgIpc) is 2.63. The summed E-state index contributed by atoms with van der Waals surface area (Å²) < 4.78 is 20.4. The Kier molecular flexibility index (Phi) is 6.93. The van der Waals surface area contributed by atoms with Gasteiger partial charge in [0.2, 0.25) is 0 Å². The number of carbonyl (C=O) groups excluding carboxylic acids is 1. The summed E-state index contributed by atoms with van der Waals surface area (Å²) in [5, 5.41) is 8.94. The molecule has 26 heavy (non-hydrogen) atoms. The van der Waals surface area contributed by atoms with Crippen LogP contribution in [0.5, 0.6) is 5.75 Å². The van der Waals surface area contributed by atoms with E-state index in [-0.39, 0.29) is 24.8 Å². The second-order valence-electron chi connectivity index (χ2n) is 5.64. The number of hydrogen-bond donors (Lipinski definition) is 0. The van der Waals surface area contributed by atoms with Gasteiger partial charge in [-0.25, -0.2) is 4.39 Å². The van der Waals surface area contributed by atoms with E-state index in [9.17, 15) is 9.18 Å². The molecule has 2 aromatic rings. The second kappa shape index (κ2) is 9.16. The number of hydrogen-bond acceptors (Lipinski definition) is 3. The zero-order valence-electron chi connectivity index (χ0n) is 14.3. The van der Waals surface area contributed by atoms with E-state index in [1.165, 1.54) is 11.0 Å². The number of halogens is 2. The van der Waals surface area contributed by atoms with Crippen LogP contribution in [0.4, 0.5) is 4.39 Å². The highest BCUT2D eigenvalue weighted by atomic mass is 79.9. The van der Waals surface area contributed by atoms with Crippen LogP contribution in [0.2, 0.25) is 0 Å². The molecule has 0 N–H and O–H groups in total. The van der Waals surface area contributed by atoms with Crippen LogP contribution in [0, 0.1) is 17.1 Å². The lowest BCUT2D eigenvalue weighted by Crippen LogP contribution is -2.40. The van der Waals surface area contributed by atoms with Crippen LogP contribution < -0.4 is 4.74 Å². The molecule has 1 amide bonds. The van der Waals surface area contributed by atoms with E-state index in [4.69, 9.17) is 10.00 Å². The molecule has 0 spiro atoms. The smallest absolute Gasteiger partial charge is 0.263 e. The molecule has 0 aliphatic rings. The first kappa shape index (κ1) is 19.7. The minimum Gasteiger partial charge on any atom is -0.481 e. The van der Waals surface area contributed by atoms with Crippen molar-refractivity contribution in [3.05, 3.63) is 76.5 Å². The van der Waals surface area contributed by atoms with E-state index in [2.05, 4.69) is 22.5 Å². The number of nitrogens with zero attached hydrogens (tertiary/aromatic N) is 2. The maximum Gasteiger partial charge on any atom is 0.263 e. The number of nitriles is 1. The summed E-state index contributed by atoms with van der Waals surface area (Å²) in [6, 6.07) is 13.2. The molecule has 0 aliphatic heterocycles. The largest absolute Gasteiger partial charge is 0.481 e. The summed E-state index contributed by atoms with van der Waals surface area (Å²) in [5.74, 6) is -0.255. The summed E-state index contributed by atoms with van der Waals surface area (Å²) in [4.78, 5) is 14.2. The fraction of sp³-hybridized carbons (Fsp3) is 0.200. The highest BCUT2D eigenvalue weighted by molar-refractivity contribution is 9.10. The molecule has 2 aromatic carbocycles. The van der Waals surface area contributed by atoms with Crippen molar-refractivity contribution in [1.29, 1.82) is 5.26 Å². The molecule has 4 nitrogen and oxygen atoms in total. The zero-order chi connectivity index (χ0) is 19.1. The first-order valence-electron chi connectivity index (χ1n) is 7.95. The molecule has 0 aliphatic carbocycles. The third kappa shape index (κ3) is 5.17. The molecular weight excluding hydrogens is 399 g/mol. The van der Waals surface area contributed by atoms with Crippen LogP contribution in [0.3, 0.4) is 0 Å². The zero-order valence-corrected chi connectivity index (χ0v) is 15.9. The first-order valence-corrected chi connectivity index (χ1v) is 8.74. The van der Waals surface area contributed by atoms with Gasteiger partial charge in [-0.3, -0.25) is 4.79 Å². The quantitative estimate of drug-likeness (QED) is 0.626. The summed E-state index contributed by atoms with van der Waals surface area (Å²) in [6.07, 6.45) is 0.788. The summed E-state index contributed by atoms with van der Waals surface area (Å²) >= 11 is 3.31. The Balaban J connectivity index is 2.14. The Morgan fingerprint density at radius 1 is 1.42 bits per heavy atom. The average molecular weight is 417 g/mol. The van der Waals surface area contributed by atoms with Crippen molar-refractivity contribution < 1.29 is 13.9 Å². The fourth-order valence-electron chi connectivity index (χ4n) is 2.41. The number of amides is 1. The molecule has 1 atom stereocenters. The molecule has 0 radical (unpaired) electrons. The maximum atomic E-state index is 14.0. The molecule has 2 rings (SSSR count). The standard InChI is InChI=1S/C20H18BrFN2O2/c1-3-9-24(13-16-11-17(21)7-8-19(16)22)20(25)14(2)26-18-6-4-5-15(10-18)12-23/h3-8,10-11,14H,1,9,13H2,2H3. The highest BCUT2D eigenvalue weighted by Crippen LogP contribution is 2.19. The Morgan fingerprint density at radius 3 is 2.88 bits per heavy atom. The number of ether oxygens (including phenoxy) is 1. The molecule has 0 heterocycles. The van der Waals surface area contributed by atoms with Crippen molar-refractivity contribution in [1.82, 2.24) is 4.90 Å². The Morgan fingerprint density at radius 2 is 2.19 bits per heavy atom. The lowest BCUT2D eigenvalue weighted by Gasteiger charge is -2.25. The van der Waals surface area contributed by atoms with Crippen molar-refractivity contribution >= 4 is 21.8 Å². The van der Waals surface area contributed by atoms with Crippen molar-refractivity contribution in [2.45, 2.75) is 19.6 Å². The molecule has 0 fully saturated rings. The summed E-state index contributed by atoms with van der Waals surface area (Å²) in [7, 11) is 0. The van der Waals surface area contributed by atoms with Crippen LogP contribution >= 0.6 is 15.9 Å². The number of rotatable bonds is 7. The van der Waals surface area contributed by atoms with Gasteiger partial charge >= 0.3 is 0 Å². The van der Waals surface area contributed by atoms with Gasteiger partial charge in [0.05, 0.1) is 11.6 Å². The van der Waals surface area contributed by atoms with Gasteiger partial charge in [0.15, 0.2) is 6.10 Å². The fourth-order valence-corrected chi connectivity index (χ4v) is 2.82. The Hall–Kier alpha value is -2.65. The van der Waals surface area contributed by atoms with Crippen molar-refractivity contribution in [3.63, 3.8) is 0 Å². The summed E-state index contributed by atoms with van der Waals surface area (Å²) in [6.45, 7) is 5.64. The van der Waals surface area contributed by atoms with Gasteiger partial charge in [-0.05, 0) is 43.3 Å². The predicted molar refractivity (Wildman–Crippen MR) is 101 cm³/mol. The van der Waals surface area contributed by atoms with Crippen LogP contribution in [-0.4, -0.2) is 23.5 Å². The molecule has 0 aromatic heterocycles. The van der Waals surface area contributed by atoms with Gasteiger partial charge < -0.3 is 9.64 Å². The minimum atomic E-state index is -0.792. The summed E-state index contributed by atoms with van der Waals surface area (Å²) in [5.41, 5.74) is 0.842. The van der Waals surface area contributed by atoms with Crippen LogP contribution in [0.1, 0.15) is 18.1 Å². The van der Waals surface area contributed by atoms with Gasteiger partial charge in [-0.15, -0.1) is 6.58 Å². The van der Waals surface area contributed by atoms with Crippen LogP contribution in [0.15, 0.2) is 59.6 Å². The monoisotopic (exact) mass is 416 g/mol. The van der Waals surface area contributed by atoms with E-state index < -0.39 is 6.10 Å². The van der Waals surface area contributed by atoms with E-state index in [0.29, 0.717) is 16.9 Å². The molecule has 0 saturated carbocycles. The molecule has 6 heteroatoms. The van der Waals surface area contributed by atoms with Crippen LogP contribution in [0.25, 0.3) is 0 Å². The van der Waals surface area contributed by atoms with Crippen LogP contribution in [-0.2, 0) is 11.3 Å². The first-order chi connectivity index (χ1) is 12.4. The minimum absolute atomic E-state index is 0.0993. The van der Waals surface area contributed by atoms with Crippen molar-refractivity contribution in [3.8, 4) is 11.8 Å². The molecular formula is C20H18BrFN2O2. The SMILES string of the molecule is C=CCN(Cc1cc(Br)ccc1F)C(=O)C(C)Oc1cccc(C#N)c1. The second-order valence-corrected chi connectivity index (χ2v) is 6.56. The normalized spacial score (nSPS) is 11.3. The molecule has 0 bridgehead atoms. The van der Waals surface area contributed by atoms with E-state index >= 15 is 0 Å². The Labute approximate surface area is 160 Å². The van der Waals surface area contributed by atoms with Gasteiger partial charge in [-0.2, -0.15) is 5.26 Å². The topological polar surface area (TPSA) is 53.3 Å². The predicted octanol–water partition coefficient (Wildman–Crippen LogP) is 4.44. The lowest BCUT2D eigenvalue weighted by atomic mass is 10.2. The lowest BCUT2D eigenvalue weighted by molar-refractivity contribution is -0.138. The van der Waals surface area contributed by atoms with Gasteiger partial charge in [0, 0.05) is 23.1 Å². The van der Waals surface area contributed by atoms with E-state index in [1.807, 2.05) is 6.07 Å². The van der Waals surface area contributed by atoms with Gasteiger partial charge in [0.1, 0.15) is 11.6 Å². The maximum absolute atomic E-state index is 14.0. The highest BCUT2D eigenvalue weighted by Gasteiger charge is 2.22. The third-order valence-electron chi connectivity index (χ3n) is 3.65.